The van der Waals surface area contributed by atoms with Crippen molar-refractivity contribution in [1.29, 1.82) is 0 Å². The monoisotopic (exact) mass is 470 g/mol. The predicted octanol–water partition coefficient (Wildman–Crippen LogP) is 5.07. The number of hydrogen-bond acceptors (Lipinski definition) is 9. The Balaban J connectivity index is 1.82. The highest BCUT2D eigenvalue weighted by atomic mass is 16.5. The lowest BCUT2D eigenvalue weighted by Crippen LogP contribution is -2.09. The van der Waals surface area contributed by atoms with Gasteiger partial charge >= 0.3 is 5.97 Å². The summed E-state index contributed by atoms with van der Waals surface area (Å²) < 4.78 is 27.1. The quantitative estimate of drug-likeness (QED) is 0.428. The molecule has 0 saturated carbocycles. The minimum atomic E-state index is -0.672. The molecule has 2 aromatic carbocycles. The van der Waals surface area contributed by atoms with E-state index in [0.29, 0.717) is 28.4 Å². The number of phenolic OH excluding ortho intramolecular Hbond substituents is 1. The summed E-state index contributed by atoms with van der Waals surface area (Å²) in [6.45, 7) is 7.71. The lowest BCUT2D eigenvalue weighted by atomic mass is 9.92. The van der Waals surface area contributed by atoms with Crippen molar-refractivity contribution in [3.05, 3.63) is 46.8 Å². The van der Waals surface area contributed by atoms with Gasteiger partial charge in [-0.3, -0.25) is 0 Å². The Kier molecular flexibility index (Phi) is 7.65. The molecule has 182 valence electrons. The minimum absolute atomic E-state index is 0.0437. The molecule has 1 N–H and O–H groups in total. The van der Waals surface area contributed by atoms with Gasteiger partial charge in [-0.15, -0.1) is 10.2 Å². The molecule has 3 rings (SSSR count). The Bertz CT molecular complexity index is 1140. The summed E-state index contributed by atoms with van der Waals surface area (Å²) in [6.07, 6.45) is 0. The molecule has 0 saturated heterocycles. The van der Waals surface area contributed by atoms with Crippen molar-refractivity contribution in [2.24, 2.45) is 0 Å². The molecule has 9 heteroatoms. The maximum atomic E-state index is 12.8. The van der Waals surface area contributed by atoms with Crippen molar-refractivity contribution >= 4 is 5.97 Å². The second kappa shape index (κ2) is 10.5. The molecule has 0 unspecified atom stereocenters. The van der Waals surface area contributed by atoms with E-state index in [1.807, 2.05) is 33.8 Å². The average Bonchev–Trinajstić information content (AvgIpc) is 3.30. The topological polar surface area (TPSA) is 113 Å². The molecule has 3 aromatic rings. The van der Waals surface area contributed by atoms with Crippen LogP contribution in [0.5, 0.6) is 23.0 Å². The number of methoxy groups -OCH3 is 3. The summed E-state index contributed by atoms with van der Waals surface area (Å²) in [5, 5.41) is 18.6. The minimum Gasteiger partial charge on any atom is -0.507 e. The van der Waals surface area contributed by atoms with Crippen molar-refractivity contribution in [3.8, 4) is 34.5 Å². The second-order valence-corrected chi connectivity index (χ2v) is 8.31. The normalized spacial score (nSPS) is 11.1. The van der Waals surface area contributed by atoms with E-state index in [-0.39, 0.29) is 41.5 Å². The molecule has 0 bridgehead atoms. The molecule has 0 aliphatic carbocycles. The summed E-state index contributed by atoms with van der Waals surface area (Å²) in [5.41, 5.74) is 2.29. The molecule has 0 aliphatic heterocycles. The maximum Gasteiger partial charge on any atom is 0.342 e. The Morgan fingerprint density at radius 3 is 2.12 bits per heavy atom. The largest absolute Gasteiger partial charge is 0.507 e. The fourth-order valence-corrected chi connectivity index (χ4v) is 3.45. The first kappa shape index (κ1) is 24.9. The fourth-order valence-electron chi connectivity index (χ4n) is 3.45. The van der Waals surface area contributed by atoms with Gasteiger partial charge in [0.15, 0.2) is 18.1 Å². The van der Waals surface area contributed by atoms with Crippen LogP contribution in [0.4, 0.5) is 0 Å². The molecule has 0 radical (unpaired) electrons. The molecule has 34 heavy (non-hydrogen) atoms. The molecule has 0 fully saturated rings. The molecule has 0 atom stereocenters. The molecule has 9 nitrogen and oxygen atoms in total. The highest BCUT2D eigenvalue weighted by Crippen LogP contribution is 2.41. The summed E-state index contributed by atoms with van der Waals surface area (Å²) in [5.74, 6) is 1.07. The number of hydrogen-bond donors (Lipinski definition) is 1. The molecule has 0 aliphatic rings. The molecule has 0 spiro atoms. The van der Waals surface area contributed by atoms with Crippen LogP contribution in [-0.2, 0) is 11.3 Å². The number of aromatic hydroxyl groups is 1. The Labute approximate surface area is 198 Å². The number of aromatic nitrogens is 2. The Morgan fingerprint density at radius 1 is 0.941 bits per heavy atom. The van der Waals surface area contributed by atoms with E-state index < -0.39 is 5.97 Å². The van der Waals surface area contributed by atoms with Crippen molar-refractivity contribution in [1.82, 2.24) is 10.2 Å². The van der Waals surface area contributed by atoms with E-state index in [1.165, 1.54) is 21.3 Å². The van der Waals surface area contributed by atoms with Gasteiger partial charge in [0.1, 0.15) is 11.3 Å². The molecule has 0 amide bonds. The van der Waals surface area contributed by atoms with Crippen LogP contribution in [0.2, 0.25) is 0 Å². The number of carbonyl (C=O) groups is 1. The lowest BCUT2D eigenvalue weighted by Gasteiger charge is -2.16. The van der Waals surface area contributed by atoms with E-state index in [9.17, 15) is 9.90 Å². The van der Waals surface area contributed by atoms with Crippen molar-refractivity contribution < 1.29 is 33.3 Å². The SMILES string of the molecule is COc1cc(-c2nnc(COC(=O)c3cc(C(C)C)cc(C(C)C)c3O)o2)cc(OC)c1OC. The van der Waals surface area contributed by atoms with E-state index in [2.05, 4.69) is 10.2 Å². The third kappa shape index (κ3) is 5.08. The van der Waals surface area contributed by atoms with Gasteiger partial charge in [0.2, 0.25) is 11.6 Å². The van der Waals surface area contributed by atoms with Crippen molar-refractivity contribution in [3.63, 3.8) is 0 Å². The van der Waals surface area contributed by atoms with E-state index in [4.69, 9.17) is 23.4 Å². The Morgan fingerprint density at radius 2 is 1.59 bits per heavy atom. The number of benzene rings is 2. The third-order valence-corrected chi connectivity index (χ3v) is 5.38. The van der Waals surface area contributed by atoms with Crippen LogP contribution in [0.1, 0.15) is 66.9 Å². The van der Waals surface area contributed by atoms with Crippen LogP contribution in [0.15, 0.2) is 28.7 Å². The van der Waals surface area contributed by atoms with E-state index in [1.54, 1.807) is 18.2 Å². The molecular formula is C25H30N2O7. The summed E-state index contributed by atoms with van der Waals surface area (Å²) in [7, 11) is 4.53. The van der Waals surface area contributed by atoms with Crippen LogP contribution < -0.4 is 14.2 Å². The van der Waals surface area contributed by atoms with Gasteiger partial charge in [0.25, 0.3) is 5.89 Å². The molecule has 1 aromatic heterocycles. The highest BCUT2D eigenvalue weighted by Gasteiger charge is 2.22. The highest BCUT2D eigenvalue weighted by molar-refractivity contribution is 5.93. The number of rotatable bonds is 9. The predicted molar refractivity (Wildman–Crippen MR) is 125 cm³/mol. The zero-order chi connectivity index (χ0) is 25.0. The number of esters is 1. The smallest absolute Gasteiger partial charge is 0.342 e. The molecule has 1 heterocycles. The average molecular weight is 471 g/mol. The zero-order valence-electron chi connectivity index (χ0n) is 20.5. The van der Waals surface area contributed by atoms with Gasteiger partial charge in [-0.25, -0.2) is 4.79 Å². The standard InChI is InChI=1S/C25H30N2O7/c1-13(2)15-8-17(14(3)4)22(28)18(9-15)25(29)33-12-21-26-27-24(34-21)16-10-19(30-5)23(32-7)20(11-16)31-6/h8-11,13-14,28H,12H2,1-7H3. The second-order valence-electron chi connectivity index (χ2n) is 8.31. The number of ether oxygens (including phenoxy) is 4. The number of carbonyl (C=O) groups excluding carboxylic acids is 1. The first-order valence-electron chi connectivity index (χ1n) is 10.9. The fraction of sp³-hybridized carbons (Fsp3) is 0.400. The van der Waals surface area contributed by atoms with Gasteiger partial charge in [-0.2, -0.15) is 0 Å². The lowest BCUT2D eigenvalue weighted by molar-refractivity contribution is 0.0435. The van der Waals surface area contributed by atoms with Crippen LogP contribution in [0.3, 0.4) is 0 Å². The number of phenols is 1. The van der Waals surface area contributed by atoms with Crippen molar-refractivity contribution in [2.45, 2.75) is 46.1 Å². The summed E-state index contributed by atoms with van der Waals surface area (Å²) in [4.78, 5) is 12.8. The zero-order valence-corrected chi connectivity index (χ0v) is 20.5. The number of nitrogens with zero attached hydrogens (tertiary/aromatic N) is 2. The molecular weight excluding hydrogens is 440 g/mol. The van der Waals surface area contributed by atoms with Crippen LogP contribution >= 0.6 is 0 Å². The van der Waals surface area contributed by atoms with E-state index in [0.717, 1.165) is 5.56 Å². The van der Waals surface area contributed by atoms with Crippen molar-refractivity contribution in [2.75, 3.05) is 21.3 Å². The van der Waals surface area contributed by atoms with E-state index >= 15 is 0 Å². The summed E-state index contributed by atoms with van der Waals surface area (Å²) in [6, 6.07) is 6.92. The summed E-state index contributed by atoms with van der Waals surface area (Å²) >= 11 is 0. The van der Waals surface area contributed by atoms with Crippen LogP contribution in [0.25, 0.3) is 11.5 Å². The first-order chi connectivity index (χ1) is 16.2. The van der Waals surface area contributed by atoms with Gasteiger partial charge < -0.3 is 28.5 Å². The maximum absolute atomic E-state index is 12.8. The van der Waals surface area contributed by atoms with Gasteiger partial charge in [0.05, 0.1) is 21.3 Å². The van der Waals surface area contributed by atoms with Gasteiger partial charge in [-0.05, 0) is 41.2 Å². The first-order valence-corrected chi connectivity index (χ1v) is 10.9. The van der Waals surface area contributed by atoms with Gasteiger partial charge in [-0.1, -0.05) is 33.8 Å². The van der Waals surface area contributed by atoms with Crippen LogP contribution in [-0.4, -0.2) is 42.6 Å². The third-order valence-electron chi connectivity index (χ3n) is 5.38. The Hall–Kier alpha value is -3.75. The van der Waals surface area contributed by atoms with Crippen LogP contribution in [0, 0.1) is 0 Å². The van der Waals surface area contributed by atoms with Gasteiger partial charge in [0, 0.05) is 5.56 Å².